The average molecular weight is 429 g/mol. The second kappa shape index (κ2) is 13.2. The number of unbranched alkanes of at least 4 members (excludes halogenated alkanes) is 8. The van der Waals surface area contributed by atoms with Crippen LogP contribution in [0, 0.1) is 26.3 Å². The van der Waals surface area contributed by atoms with E-state index in [1.54, 1.807) is 4.52 Å². The number of rotatable bonds is 15. The summed E-state index contributed by atoms with van der Waals surface area (Å²) in [6, 6.07) is 0. The number of nitrogens with one attached hydrogen (secondary N) is 1. The summed E-state index contributed by atoms with van der Waals surface area (Å²) in [5.74, 6) is 0.675. The van der Waals surface area contributed by atoms with Crippen LogP contribution in [0.4, 0.5) is 5.69 Å². The van der Waals surface area contributed by atoms with Gasteiger partial charge in [-0.3, -0.25) is 9.61 Å². The highest BCUT2D eigenvalue weighted by atomic mass is 16.5. The quantitative estimate of drug-likeness (QED) is 0.183. The molecule has 2 aromatic heterocycles. The fourth-order valence-electron chi connectivity index (χ4n) is 4.23. The molecule has 1 unspecified atom stereocenters. The van der Waals surface area contributed by atoms with Gasteiger partial charge in [0.25, 0.3) is 0 Å². The zero-order valence-corrected chi connectivity index (χ0v) is 19.9. The molecule has 0 radical (unpaired) electrons. The van der Waals surface area contributed by atoms with E-state index >= 15 is 0 Å². The lowest BCUT2D eigenvalue weighted by molar-refractivity contribution is 0.0425. The molecule has 0 aliphatic heterocycles. The van der Waals surface area contributed by atoms with Gasteiger partial charge in [-0.1, -0.05) is 78.1 Å². The molecule has 31 heavy (non-hydrogen) atoms. The van der Waals surface area contributed by atoms with E-state index in [-0.39, 0.29) is 0 Å². The fraction of sp³-hybridized carbons (Fsp3) is 0.720. The average Bonchev–Trinajstić information content (AvgIpc) is 3.26. The predicted molar refractivity (Wildman–Crippen MR) is 126 cm³/mol. The third kappa shape index (κ3) is 7.12. The van der Waals surface area contributed by atoms with Crippen LogP contribution in [-0.2, 0) is 4.74 Å². The lowest BCUT2D eigenvalue weighted by Crippen LogP contribution is -2.15. The van der Waals surface area contributed by atoms with Crippen molar-refractivity contribution in [1.82, 2.24) is 14.6 Å². The van der Waals surface area contributed by atoms with Gasteiger partial charge in [0.1, 0.15) is 11.4 Å². The summed E-state index contributed by atoms with van der Waals surface area (Å²) in [4.78, 5) is 20.9. The number of aryl methyl sites for hydroxylation is 2. The zero-order valence-electron chi connectivity index (χ0n) is 19.9. The van der Waals surface area contributed by atoms with Crippen LogP contribution in [0.15, 0.2) is 0 Å². The first-order chi connectivity index (χ1) is 15.0. The van der Waals surface area contributed by atoms with Gasteiger partial charge in [0, 0.05) is 5.69 Å². The summed E-state index contributed by atoms with van der Waals surface area (Å²) in [5.41, 5.74) is 1.81. The van der Waals surface area contributed by atoms with Crippen LogP contribution >= 0.6 is 0 Å². The molecular weight excluding hydrogens is 388 g/mol. The van der Waals surface area contributed by atoms with E-state index in [1.807, 2.05) is 13.8 Å². The number of fused-ring (bicyclic) bond motifs is 1. The third-order valence-electron chi connectivity index (χ3n) is 6.10. The lowest BCUT2D eigenvalue weighted by Gasteiger charge is -2.17. The molecule has 1 atom stereocenters. The molecule has 0 aliphatic carbocycles. The number of carbonyl (C=O) groups is 1. The van der Waals surface area contributed by atoms with Crippen molar-refractivity contribution in [1.29, 1.82) is 0 Å². The molecule has 2 rings (SSSR count). The van der Waals surface area contributed by atoms with Crippen molar-refractivity contribution < 1.29 is 9.53 Å². The number of aromatic nitrogens is 3. The Labute approximate surface area is 187 Å². The van der Waals surface area contributed by atoms with E-state index < -0.39 is 5.97 Å². The molecule has 6 nitrogen and oxygen atoms in total. The highest BCUT2D eigenvalue weighted by Gasteiger charge is 2.26. The maximum Gasteiger partial charge on any atom is 0.331 e. The molecule has 1 N–H and O–H groups in total. The molecule has 0 bridgehead atoms. The van der Waals surface area contributed by atoms with E-state index in [2.05, 4.69) is 28.8 Å². The summed E-state index contributed by atoms with van der Waals surface area (Å²) in [6.07, 6.45) is 14.8. The van der Waals surface area contributed by atoms with Gasteiger partial charge in [0.15, 0.2) is 5.65 Å². The highest BCUT2D eigenvalue weighted by Crippen LogP contribution is 2.31. The molecule has 0 fully saturated rings. The molecule has 0 saturated heterocycles. The smallest absolute Gasteiger partial charge is 0.331 e. The minimum absolute atomic E-state index is 0.293. The molecule has 0 aromatic carbocycles. The first-order valence-corrected chi connectivity index (χ1v) is 12.2. The Morgan fingerprint density at radius 1 is 1.03 bits per heavy atom. The van der Waals surface area contributed by atoms with Gasteiger partial charge in [-0.15, -0.1) is 0 Å². The van der Waals surface area contributed by atoms with E-state index in [0.29, 0.717) is 40.9 Å². The number of H-pyrrole nitrogens is 1. The van der Waals surface area contributed by atoms with Crippen molar-refractivity contribution in [2.24, 2.45) is 5.92 Å². The first kappa shape index (κ1) is 25.0. The van der Waals surface area contributed by atoms with Crippen LogP contribution < -0.4 is 0 Å². The Balaban J connectivity index is 1.98. The van der Waals surface area contributed by atoms with Crippen molar-refractivity contribution in [3.05, 3.63) is 28.5 Å². The van der Waals surface area contributed by atoms with Crippen LogP contribution in [0.3, 0.4) is 0 Å². The maximum atomic E-state index is 13.0. The monoisotopic (exact) mass is 428 g/mol. The molecule has 2 heterocycles. The van der Waals surface area contributed by atoms with E-state index in [4.69, 9.17) is 11.3 Å². The van der Waals surface area contributed by atoms with Gasteiger partial charge in [0.05, 0.1) is 13.2 Å². The Hall–Kier alpha value is -2.29. The number of nitrogens with zero attached hydrogens (tertiary/aromatic N) is 3. The second-order valence-corrected chi connectivity index (χ2v) is 8.76. The molecule has 2 aromatic rings. The molecule has 0 amide bonds. The number of ether oxygens (including phenoxy) is 1. The number of carbonyl (C=O) groups excluding carboxylic acids is 1. The summed E-state index contributed by atoms with van der Waals surface area (Å²) in [5, 5.41) is 3.08. The SMILES string of the molecule is [C-]#[N+]c1c(C(=O)OCC(CCCCCC)CCCCCCCC)c2nc(C)[nH]n2c1C. The molecular formula is C25H40N4O2. The van der Waals surface area contributed by atoms with Crippen molar-refractivity contribution in [2.75, 3.05) is 6.61 Å². The Kier molecular flexibility index (Phi) is 10.6. The molecule has 0 aliphatic rings. The van der Waals surface area contributed by atoms with Crippen LogP contribution in [-0.4, -0.2) is 27.2 Å². The molecule has 0 spiro atoms. The minimum Gasteiger partial charge on any atom is -0.463 e. The van der Waals surface area contributed by atoms with Gasteiger partial charge >= 0.3 is 5.97 Å². The van der Waals surface area contributed by atoms with Crippen LogP contribution in [0.2, 0.25) is 0 Å². The number of hydrogen-bond acceptors (Lipinski definition) is 3. The summed E-state index contributed by atoms with van der Waals surface area (Å²) in [7, 11) is 0. The first-order valence-electron chi connectivity index (χ1n) is 12.2. The third-order valence-corrected chi connectivity index (χ3v) is 6.10. The highest BCUT2D eigenvalue weighted by molar-refractivity contribution is 6.03. The van der Waals surface area contributed by atoms with Crippen molar-refractivity contribution in [3.8, 4) is 0 Å². The molecule has 0 saturated carbocycles. The van der Waals surface area contributed by atoms with Crippen LogP contribution in [0.5, 0.6) is 0 Å². The van der Waals surface area contributed by atoms with Crippen molar-refractivity contribution in [2.45, 2.75) is 105 Å². The standard InChI is InChI=1S/C25H40N4O2/c1-6-8-10-12-13-15-17-21(16-14-11-9-7-2)18-31-25(30)22-23(26-5)19(3)29-24(22)27-20(4)28-29/h21H,6-18H2,1-4H3,(H,27,28). The van der Waals surface area contributed by atoms with Gasteiger partial charge in [-0.05, 0) is 32.6 Å². The van der Waals surface area contributed by atoms with E-state index in [1.165, 1.54) is 64.2 Å². The summed E-state index contributed by atoms with van der Waals surface area (Å²) < 4.78 is 7.47. The van der Waals surface area contributed by atoms with Crippen LogP contribution in [0.1, 0.15) is 113 Å². The van der Waals surface area contributed by atoms with Gasteiger partial charge < -0.3 is 4.74 Å². The Bertz CT molecular complexity index is 859. The summed E-state index contributed by atoms with van der Waals surface area (Å²) >= 11 is 0. The Morgan fingerprint density at radius 3 is 2.23 bits per heavy atom. The van der Waals surface area contributed by atoms with Gasteiger partial charge in [-0.25, -0.2) is 14.6 Å². The van der Waals surface area contributed by atoms with Gasteiger partial charge in [-0.2, -0.15) is 0 Å². The topological polar surface area (TPSA) is 63.8 Å². The largest absolute Gasteiger partial charge is 0.463 e. The van der Waals surface area contributed by atoms with E-state index in [0.717, 1.165) is 12.8 Å². The zero-order chi connectivity index (χ0) is 22.6. The fourth-order valence-corrected chi connectivity index (χ4v) is 4.23. The number of aromatic amines is 1. The van der Waals surface area contributed by atoms with Crippen molar-refractivity contribution >= 4 is 17.3 Å². The second-order valence-electron chi connectivity index (χ2n) is 8.76. The minimum atomic E-state index is -0.426. The normalized spacial score (nSPS) is 12.2. The summed E-state index contributed by atoms with van der Waals surface area (Å²) in [6.45, 7) is 16.1. The number of esters is 1. The number of hydrogen-bond donors (Lipinski definition) is 1. The van der Waals surface area contributed by atoms with Gasteiger partial charge in [0.2, 0.25) is 5.69 Å². The predicted octanol–water partition coefficient (Wildman–Crippen LogP) is 7.32. The molecule has 172 valence electrons. The maximum absolute atomic E-state index is 13.0. The molecule has 6 heteroatoms. The van der Waals surface area contributed by atoms with Crippen molar-refractivity contribution in [3.63, 3.8) is 0 Å². The Morgan fingerprint density at radius 2 is 1.61 bits per heavy atom. The van der Waals surface area contributed by atoms with Crippen LogP contribution in [0.25, 0.3) is 10.5 Å². The lowest BCUT2D eigenvalue weighted by atomic mass is 9.95. The van der Waals surface area contributed by atoms with E-state index in [9.17, 15) is 4.79 Å².